The second kappa shape index (κ2) is 7.89. The van der Waals surface area contributed by atoms with Gasteiger partial charge in [-0.15, -0.1) is 0 Å². The summed E-state index contributed by atoms with van der Waals surface area (Å²) in [6.07, 6.45) is 0.979. The number of carbonyl (C=O) groups is 1. The average Bonchev–Trinajstić information content (AvgIpc) is 2.50. The van der Waals surface area contributed by atoms with Gasteiger partial charge in [0.2, 0.25) is 0 Å². The molecule has 0 radical (unpaired) electrons. The van der Waals surface area contributed by atoms with Crippen LogP contribution < -0.4 is 10.6 Å². The van der Waals surface area contributed by atoms with Gasteiger partial charge in [0.1, 0.15) is 0 Å². The van der Waals surface area contributed by atoms with Crippen LogP contribution in [-0.4, -0.2) is 11.0 Å². The van der Waals surface area contributed by atoms with Crippen LogP contribution in [0.4, 0.5) is 5.69 Å². The Morgan fingerprint density at radius 2 is 1.91 bits per heavy atom. The van der Waals surface area contributed by atoms with Gasteiger partial charge in [-0.2, -0.15) is 0 Å². The fourth-order valence-corrected chi connectivity index (χ4v) is 2.73. The number of thiocarbonyl (C=S) groups is 1. The van der Waals surface area contributed by atoms with Crippen molar-refractivity contribution in [2.75, 3.05) is 5.32 Å². The van der Waals surface area contributed by atoms with E-state index in [0.717, 1.165) is 15.7 Å². The maximum atomic E-state index is 12.2. The average molecular weight is 445 g/mol. The molecule has 0 saturated heterocycles. The van der Waals surface area contributed by atoms with Crippen molar-refractivity contribution in [3.63, 3.8) is 0 Å². The Morgan fingerprint density at radius 1 is 1.23 bits per heavy atom. The van der Waals surface area contributed by atoms with Crippen LogP contribution in [0, 0.1) is 3.57 Å². The molecule has 0 aliphatic carbocycles. The molecule has 3 nitrogen and oxygen atoms in total. The van der Waals surface area contributed by atoms with Gasteiger partial charge in [-0.25, -0.2) is 0 Å². The number of aryl methyl sites for hydroxylation is 1. The van der Waals surface area contributed by atoms with E-state index in [9.17, 15) is 4.79 Å². The monoisotopic (exact) mass is 444 g/mol. The summed E-state index contributed by atoms with van der Waals surface area (Å²) in [6, 6.07) is 13.1. The lowest BCUT2D eigenvalue weighted by Gasteiger charge is -2.11. The highest BCUT2D eigenvalue weighted by molar-refractivity contribution is 14.1. The molecule has 0 atom stereocenters. The van der Waals surface area contributed by atoms with Gasteiger partial charge in [0, 0.05) is 9.26 Å². The van der Waals surface area contributed by atoms with E-state index >= 15 is 0 Å². The number of hydrogen-bond acceptors (Lipinski definition) is 2. The van der Waals surface area contributed by atoms with Crippen molar-refractivity contribution < 1.29 is 4.79 Å². The van der Waals surface area contributed by atoms with E-state index in [-0.39, 0.29) is 11.0 Å². The van der Waals surface area contributed by atoms with E-state index in [1.165, 1.54) is 5.56 Å². The summed E-state index contributed by atoms with van der Waals surface area (Å²) < 4.78 is 0.932. The van der Waals surface area contributed by atoms with Gasteiger partial charge in [0.25, 0.3) is 5.91 Å². The van der Waals surface area contributed by atoms with Crippen LogP contribution in [-0.2, 0) is 6.42 Å². The first-order valence-corrected chi connectivity index (χ1v) is 8.52. The molecule has 2 rings (SSSR count). The first-order valence-electron chi connectivity index (χ1n) is 6.66. The van der Waals surface area contributed by atoms with Crippen molar-refractivity contribution in [2.24, 2.45) is 0 Å². The minimum Gasteiger partial charge on any atom is -0.332 e. The van der Waals surface area contributed by atoms with Gasteiger partial charge in [-0.05, 0) is 77.1 Å². The number of carbonyl (C=O) groups excluding carboxylic acids is 1. The highest BCUT2D eigenvalue weighted by atomic mass is 127. The number of benzene rings is 2. The van der Waals surface area contributed by atoms with Gasteiger partial charge in [-0.1, -0.05) is 30.7 Å². The Kier molecular flexibility index (Phi) is 6.16. The summed E-state index contributed by atoms with van der Waals surface area (Å²) >= 11 is 13.3. The first kappa shape index (κ1) is 17.2. The van der Waals surface area contributed by atoms with Crippen molar-refractivity contribution >= 4 is 63.1 Å². The molecule has 2 aromatic carbocycles. The van der Waals surface area contributed by atoms with Gasteiger partial charge in [-0.3, -0.25) is 10.1 Å². The summed E-state index contributed by atoms with van der Waals surface area (Å²) in [5.41, 5.74) is 2.47. The van der Waals surface area contributed by atoms with E-state index in [1.807, 2.05) is 30.3 Å². The van der Waals surface area contributed by atoms with E-state index in [0.29, 0.717) is 10.6 Å². The third kappa shape index (κ3) is 4.66. The second-order valence-electron chi connectivity index (χ2n) is 4.58. The fraction of sp³-hybridized carbons (Fsp3) is 0.125. The molecule has 6 heteroatoms. The largest absolute Gasteiger partial charge is 0.332 e. The number of nitrogens with one attached hydrogen (secondary N) is 2. The van der Waals surface area contributed by atoms with Crippen molar-refractivity contribution in [1.29, 1.82) is 0 Å². The molecule has 0 saturated carbocycles. The molecular formula is C16H14ClIN2OS. The predicted octanol–water partition coefficient (Wildman–Crippen LogP) is 4.63. The molecule has 0 aromatic heterocycles. The maximum absolute atomic E-state index is 12.2. The second-order valence-corrected chi connectivity index (χ2v) is 6.64. The SMILES string of the molecule is CCc1ccc(NC(=S)NC(=O)c2cc(I)ccc2Cl)cc1. The smallest absolute Gasteiger partial charge is 0.258 e. The van der Waals surface area contributed by atoms with Gasteiger partial charge >= 0.3 is 0 Å². The Labute approximate surface area is 153 Å². The third-order valence-corrected chi connectivity index (χ3v) is 4.22. The van der Waals surface area contributed by atoms with Crippen molar-refractivity contribution in [2.45, 2.75) is 13.3 Å². The van der Waals surface area contributed by atoms with Crippen LogP contribution in [0.1, 0.15) is 22.8 Å². The minimum absolute atomic E-state index is 0.240. The van der Waals surface area contributed by atoms with Crippen LogP contribution >= 0.6 is 46.4 Å². The Balaban J connectivity index is 2.01. The zero-order valence-corrected chi connectivity index (χ0v) is 15.6. The van der Waals surface area contributed by atoms with E-state index in [2.05, 4.69) is 40.1 Å². The molecule has 0 aliphatic rings. The van der Waals surface area contributed by atoms with Gasteiger partial charge < -0.3 is 5.32 Å². The summed E-state index contributed by atoms with van der Waals surface area (Å²) in [7, 11) is 0. The quantitative estimate of drug-likeness (QED) is 0.535. The maximum Gasteiger partial charge on any atom is 0.258 e. The lowest BCUT2D eigenvalue weighted by atomic mass is 10.1. The van der Waals surface area contributed by atoms with Gasteiger partial charge in [0.15, 0.2) is 5.11 Å². The first-order chi connectivity index (χ1) is 10.5. The molecular weight excluding hydrogens is 431 g/mol. The Morgan fingerprint density at radius 3 is 2.55 bits per heavy atom. The summed E-state index contributed by atoms with van der Waals surface area (Å²) in [4.78, 5) is 12.2. The highest BCUT2D eigenvalue weighted by Crippen LogP contribution is 2.18. The standard InChI is InChI=1S/C16H14ClIN2OS/c1-2-10-3-6-12(7-4-10)19-16(22)20-15(21)13-9-11(18)5-8-14(13)17/h3-9H,2H2,1H3,(H2,19,20,21,22). The molecule has 1 amide bonds. The lowest BCUT2D eigenvalue weighted by molar-refractivity contribution is 0.0978. The fourth-order valence-electron chi connectivity index (χ4n) is 1.83. The zero-order chi connectivity index (χ0) is 16.1. The van der Waals surface area contributed by atoms with E-state index < -0.39 is 0 Å². The molecule has 2 aromatic rings. The molecule has 22 heavy (non-hydrogen) atoms. The number of hydrogen-bond donors (Lipinski definition) is 2. The number of amides is 1. The van der Waals surface area contributed by atoms with E-state index in [4.69, 9.17) is 23.8 Å². The van der Waals surface area contributed by atoms with Crippen molar-refractivity contribution in [3.05, 3.63) is 62.2 Å². The molecule has 0 heterocycles. The summed E-state index contributed by atoms with van der Waals surface area (Å²) in [5, 5.41) is 6.25. The lowest BCUT2D eigenvalue weighted by Crippen LogP contribution is -2.34. The minimum atomic E-state index is -0.328. The molecule has 0 aliphatic heterocycles. The van der Waals surface area contributed by atoms with Gasteiger partial charge in [0.05, 0.1) is 10.6 Å². The number of halogens is 2. The van der Waals surface area contributed by atoms with Crippen LogP contribution in [0.3, 0.4) is 0 Å². The molecule has 114 valence electrons. The Hall–Kier alpha value is -1.18. The van der Waals surface area contributed by atoms with Crippen molar-refractivity contribution in [3.8, 4) is 0 Å². The Bertz CT molecular complexity index is 704. The predicted molar refractivity (Wildman–Crippen MR) is 104 cm³/mol. The number of anilines is 1. The zero-order valence-electron chi connectivity index (χ0n) is 11.8. The topological polar surface area (TPSA) is 41.1 Å². The molecule has 0 fully saturated rings. The third-order valence-electron chi connectivity index (χ3n) is 3.02. The van der Waals surface area contributed by atoms with Crippen LogP contribution in [0.2, 0.25) is 5.02 Å². The van der Waals surface area contributed by atoms with Crippen molar-refractivity contribution in [1.82, 2.24) is 5.32 Å². The summed E-state index contributed by atoms with van der Waals surface area (Å²) in [5.74, 6) is -0.328. The number of rotatable bonds is 3. The summed E-state index contributed by atoms with van der Waals surface area (Å²) in [6.45, 7) is 2.10. The molecule has 0 spiro atoms. The van der Waals surface area contributed by atoms with Crippen LogP contribution in [0.25, 0.3) is 0 Å². The highest BCUT2D eigenvalue weighted by Gasteiger charge is 2.12. The van der Waals surface area contributed by atoms with E-state index in [1.54, 1.807) is 12.1 Å². The normalized spacial score (nSPS) is 10.1. The van der Waals surface area contributed by atoms with Crippen LogP contribution in [0.5, 0.6) is 0 Å². The molecule has 0 unspecified atom stereocenters. The molecule has 0 bridgehead atoms. The van der Waals surface area contributed by atoms with Crippen LogP contribution in [0.15, 0.2) is 42.5 Å². The molecule has 2 N–H and O–H groups in total.